The van der Waals surface area contributed by atoms with Gasteiger partial charge in [0.15, 0.2) is 0 Å². The standard InChI is InChI=1S/C32H32Cl2N4O3S/c1-5-41-23-10-11-26(34)29(15-23)38-28(14-19(2)3)24(31(39)37-13-12-35-20(4)17-37)16-25(32(38)40)30-36-27(18-42-30)21-6-8-22(33)9-7-21/h6-11,14-16,18,20,35H,5,12-13,17H2,1-4H3/t20-/m0/s1. The number of hydrogen-bond acceptors (Lipinski definition) is 6. The molecule has 0 bridgehead atoms. The van der Waals surface area contributed by atoms with Crippen molar-refractivity contribution in [3.63, 3.8) is 0 Å². The number of rotatable bonds is 7. The minimum absolute atomic E-state index is 0.151. The molecule has 1 fully saturated rings. The Hall–Kier alpha value is -3.43. The van der Waals surface area contributed by atoms with Crippen molar-refractivity contribution in [3.05, 3.63) is 91.1 Å². The number of hydrogen-bond donors (Lipinski definition) is 1. The number of halogens is 2. The maximum Gasteiger partial charge on any atom is 0.265 e. The maximum atomic E-state index is 14.4. The van der Waals surface area contributed by atoms with Gasteiger partial charge in [0.1, 0.15) is 10.8 Å². The number of carbonyl (C=O) groups is 1. The molecule has 2 aromatic heterocycles. The van der Waals surface area contributed by atoms with Crippen molar-refractivity contribution in [1.29, 1.82) is 0 Å². The first-order valence-corrected chi connectivity index (χ1v) is 15.4. The number of thiazole rings is 1. The summed E-state index contributed by atoms with van der Waals surface area (Å²) in [4.78, 5) is 35.3. The summed E-state index contributed by atoms with van der Waals surface area (Å²) >= 11 is 14.2. The molecule has 218 valence electrons. The van der Waals surface area contributed by atoms with E-state index in [1.54, 1.807) is 36.4 Å². The summed E-state index contributed by atoms with van der Waals surface area (Å²) in [6.07, 6.45) is 1.86. The van der Waals surface area contributed by atoms with Gasteiger partial charge < -0.3 is 15.0 Å². The zero-order chi connectivity index (χ0) is 30.0. The van der Waals surface area contributed by atoms with Crippen molar-refractivity contribution >= 4 is 46.5 Å². The predicted octanol–water partition coefficient (Wildman–Crippen LogP) is 7.19. The second kappa shape index (κ2) is 12.8. The fraction of sp³-hybridized carbons (Fsp3) is 0.281. The van der Waals surface area contributed by atoms with E-state index in [9.17, 15) is 9.59 Å². The van der Waals surface area contributed by atoms with Gasteiger partial charge in [-0.2, -0.15) is 0 Å². The number of pyridine rings is 1. The summed E-state index contributed by atoms with van der Waals surface area (Å²) in [6.45, 7) is 10.1. The molecule has 1 atom stereocenters. The molecule has 0 unspecified atom stereocenters. The lowest BCUT2D eigenvalue weighted by Gasteiger charge is -2.32. The van der Waals surface area contributed by atoms with Gasteiger partial charge in [-0.3, -0.25) is 14.2 Å². The number of piperazine rings is 1. The molecule has 7 nitrogen and oxygen atoms in total. The van der Waals surface area contributed by atoms with Crippen molar-refractivity contribution in [2.75, 3.05) is 26.2 Å². The molecule has 42 heavy (non-hydrogen) atoms. The number of carbonyl (C=O) groups excluding carboxylic acids is 1. The van der Waals surface area contributed by atoms with Crippen molar-refractivity contribution in [2.24, 2.45) is 0 Å². The van der Waals surface area contributed by atoms with Crippen molar-refractivity contribution < 1.29 is 9.53 Å². The van der Waals surface area contributed by atoms with Crippen LogP contribution >= 0.6 is 34.5 Å². The molecule has 0 aliphatic carbocycles. The van der Waals surface area contributed by atoms with E-state index in [1.165, 1.54) is 15.9 Å². The Morgan fingerprint density at radius 1 is 1.17 bits per heavy atom. The molecule has 10 heteroatoms. The smallest absolute Gasteiger partial charge is 0.265 e. The highest BCUT2D eigenvalue weighted by atomic mass is 35.5. The van der Waals surface area contributed by atoms with Gasteiger partial charge in [-0.1, -0.05) is 40.9 Å². The van der Waals surface area contributed by atoms with Gasteiger partial charge in [0, 0.05) is 47.7 Å². The third kappa shape index (κ3) is 6.32. The van der Waals surface area contributed by atoms with Gasteiger partial charge in [-0.05, 0) is 64.1 Å². The van der Waals surface area contributed by atoms with Gasteiger partial charge in [0.2, 0.25) is 0 Å². The Morgan fingerprint density at radius 2 is 1.93 bits per heavy atom. The van der Waals surface area contributed by atoms with E-state index in [1.807, 2.05) is 49.3 Å². The Labute approximate surface area is 259 Å². The average Bonchev–Trinajstić information content (AvgIpc) is 3.45. The summed E-state index contributed by atoms with van der Waals surface area (Å²) in [5, 5.41) is 6.77. The topological polar surface area (TPSA) is 76.5 Å². The van der Waals surface area contributed by atoms with Crippen LogP contribution in [0.1, 0.15) is 43.7 Å². The quantitative estimate of drug-likeness (QED) is 0.236. The largest absolute Gasteiger partial charge is 0.494 e. The van der Waals surface area contributed by atoms with Gasteiger partial charge >= 0.3 is 0 Å². The van der Waals surface area contributed by atoms with Crippen LogP contribution < -0.4 is 15.6 Å². The number of benzene rings is 2. The molecule has 1 N–H and O–H groups in total. The molecular weight excluding hydrogens is 591 g/mol. The predicted molar refractivity (Wildman–Crippen MR) is 172 cm³/mol. The third-order valence-corrected chi connectivity index (χ3v) is 8.34. The Kier molecular flexibility index (Phi) is 9.18. The molecule has 5 rings (SSSR count). The van der Waals surface area contributed by atoms with Crippen LogP contribution in [-0.2, 0) is 0 Å². The fourth-order valence-corrected chi connectivity index (χ4v) is 6.13. The maximum absolute atomic E-state index is 14.4. The van der Waals surface area contributed by atoms with Crippen molar-refractivity contribution in [2.45, 2.75) is 33.7 Å². The van der Waals surface area contributed by atoms with Crippen LogP contribution in [0.4, 0.5) is 0 Å². The number of nitrogens with zero attached hydrogens (tertiary/aromatic N) is 3. The fourth-order valence-electron chi connectivity index (χ4n) is 4.97. The Morgan fingerprint density at radius 3 is 2.62 bits per heavy atom. The van der Waals surface area contributed by atoms with Crippen LogP contribution in [-0.4, -0.2) is 52.6 Å². The van der Waals surface area contributed by atoms with Gasteiger partial charge in [-0.15, -0.1) is 11.3 Å². The second-order valence-electron chi connectivity index (χ2n) is 10.4. The molecular formula is C32H32Cl2N4O3S. The molecule has 3 heterocycles. The van der Waals surface area contributed by atoms with Gasteiger partial charge in [-0.25, -0.2) is 4.98 Å². The van der Waals surface area contributed by atoms with Crippen molar-refractivity contribution in [1.82, 2.24) is 19.8 Å². The minimum Gasteiger partial charge on any atom is -0.494 e. The summed E-state index contributed by atoms with van der Waals surface area (Å²) < 4.78 is 7.28. The van der Waals surface area contributed by atoms with Crippen LogP contribution in [0, 0.1) is 0 Å². The average molecular weight is 624 g/mol. The highest BCUT2D eigenvalue weighted by Gasteiger charge is 2.28. The molecule has 1 aliphatic rings. The molecule has 0 spiro atoms. The van der Waals surface area contributed by atoms with E-state index < -0.39 is 0 Å². The van der Waals surface area contributed by atoms with Crippen molar-refractivity contribution in [3.8, 4) is 33.3 Å². The Bertz CT molecular complexity index is 1710. The van der Waals surface area contributed by atoms with E-state index in [0.717, 1.165) is 11.1 Å². The molecule has 0 radical (unpaired) electrons. The molecule has 2 aromatic carbocycles. The lowest BCUT2D eigenvalue weighted by Crippen LogP contribution is -2.51. The van der Waals surface area contributed by atoms with Crippen LogP contribution in [0.25, 0.3) is 33.6 Å². The lowest BCUT2D eigenvalue weighted by molar-refractivity contribution is 0.0708. The number of allylic oxidation sites excluding steroid dienone is 1. The minimum atomic E-state index is -0.333. The monoisotopic (exact) mass is 622 g/mol. The molecule has 1 amide bonds. The first-order valence-electron chi connectivity index (χ1n) is 13.8. The summed E-state index contributed by atoms with van der Waals surface area (Å²) in [5.74, 6) is 0.415. The van der Waals surface area contributed by atoms with E-state index in [4.69, 9.17) is 32.9 Å². The summed E-state index contributed by atoms with van der Waals surface area (Å²) in [6, 6.07) is 14.4. The van der Waals surface area contributed by atoms with Crippen LogP contribution in [0.5, 0.6) is 5.75 Å². The molecule has 4 aromatic rings. The number of ether oxygens (including phenoxy) is 1. The number of aromatic nitrogens is 2. The molecule has 1 saturated heterocycles. The van der Waals surface area contributed by atoms with E-state index in [-0.39, 0.29) is 17.5 Å². The summed E-state index contributed by atoms with van der Waals surface area (Å²) in [7, 11) is 0. The SMILES string of the molecule is CCOc1ccc(Cl)c(-n2c(C=C(C)C)c(C(=O)N3CCN[C@@H](C)C3)cc(-c3nc(-c4ccc(Cl)cc4)cs3)c2=O)c1. The Balaban J connectivity index is 1.78. The number of nitrogens with one attached hydrogen (secondary N) is 1. The zero-order valence-electron chi connectivity index (χ0n) is 23.9. The highest BCUT2D eigenvalue weighted by Crippen LogP contribution is 2.33. The lowest BCUT2D eigenvalue weighted by atomic mass is 10.0. The van der Waals surface area contributed by atoms with E-state index in [2.05, 4.69) is 12.2 Å². The molecule has 0 saturated carbocycles. The van der Waals surface area contributed by atoms with Crippen LogP contribution in [0.15, 0.2) is 64.3 Å². The highest BCUT2D eigenvalue weighted by molar-refractivity contribution is 7.13. The summed E-state index contributed by atoms with van der Waals surface area (Å²) in [5.41, 5.74) is 3.80. The first kappa shape index (κ1) is 30.0. The van der Waals surface area contributed by atoms with Crippen LogP contribution in [0.2, 0.25) is 10.0 Å². The van der Waals surface area contributed by atoms with Gasteiger partial charge in [0.25, 0.3) is 11.5 Å². The van der Waals surface area contributed by atoms with E-state index >= 15 is 0 Å². The zero-order valence-corrected chi connectivity index (χ0v) is 26.2. The number of amides is 1. The molecule has 1 aliphatic heterocycles. The first-order chi connectivity index (χ1) is 20.2. The van der Waals surface area contributed by atoms with Crippen LogP contribution in [0.3, 0.4) is 0 Å². The third-order valence-electron chi connectivity index (χ3n) is 6.89. The van der Waals surface area contributed by atoms with E-state index in [0.29, 0.717) is 75.2 Å². The second-order valence-corrected chi connectivity index (χ2v) is 12.1. The van der Waals surface area contributed by atoms with Gasteiger partial charge in [0.05, 0.1) is 39.8 Å². The normalized spacial score (nSPS) is 15.0.